The van der Waals surface area contributed by atoms with Gasteiger partial charge in [-0.25, -0.2) is 4.98 Å². The third-order valence-corrected chi connectivity index (χ3v) is 7.27. The number of rotatable bonds is 7. The summed E-state index contributed by atoms with van der Waals surface area (Å²) in [6, 6.07) is 13.9. The number of aromatic nitrogens is 2. The Hall–Kier alpha value is -3.19. The lowest BCUT2D eigenvalue weighted by Crippen LogP contribution is -2.34. The predicted molar refractivity (Wildman–Crippen MR) is 134 cm³/mol. The summed E-state index contributed by atoms with van der Waals surface area (Å²) in [5, 5.41) is 3.11. The van der Waals surface area contributed by atoms with E-state index < -0.39 is 0 Å². The van der Waals surface area contributed by atoms with Crippen molar-refractivity contribution in [2.75, 3.05) is 32.5 Å². The Labute approximate surface area is 200 Å². The zero-order valence-corrected chi connectivity index (χ0v) is 20.0. The molecular weight excluding hydrogens is 426 g/mol. The van der Waals surface area contributed by atoms with Gasteiger partial charge in [-0.05, 0) is 75.5 Å². The molecule has 2 heterocycles. The summed E-state index contributed by atoms with van der Waals surface area (Å²) in [4.78, 5) is 34.2. The molecule has 1 aromatic heterocycles. The van der Waals surface area contributed by atoms with Gasteiger partial charge in [0.25, 0.3) is 5.91 Å². The molecule has 34 heavy (non-hydrogen) atoms. The summed E-state index contributed by atoms with van der Waals surface area (Å²) in [7, 11) is 4.12. The van der Waals surface area contributed by atoms with Gasteiger partial charge in [-0.2, -0.15) is 0 Å². The van der Waals surface area contributed by atoms with Gasteiger partial charge in [0, 0.05) is 43.3 Å². The number of likely N-dealkylation sites (N-methyl/N-ethyl adjacent to an activating group) is 1. The number of hydrogen-bond donors (Lipinski definition) is 1. The topological polar surface area (TPSA) is 70.5 Å². The fourth-order valence-electron chi connectivity index (χ4n) is 5.25. The second kappa shape index (κ2) is 9.58. The first kappa shape index (κ1) is 22.6. The average molecular weight is 460 g/mol. The number of carbonyl (C=O) groups is 2. The molecule has 7 nitrogen and oxygen atoms in total. The first-order chi connectivity index (χ1) is 16.5. The van der Waals surface area contributed by atoms with Crippen molar-refractivity contribution in [3.8, 4) is 0 Å². The van der Waals surface area contributed by atoms with Crippen LogP contribution in [0.4, 0.5) is 5.69 Å². The fraction of sp³-hybridized carbons (Fsp3) is 0.444. The maximum absolute atomic E-state index is 12.9. The van der Waals surface area contributed by atoms with Crippen LogP contribution in [-0.2, 0) is 17.9 Å². The molecule has 1 N–H and O–H groups in total. The maximum atomic E-state index is 12.9. The van der Waals surface area contributed by atoms with Crippen LogP contribution in [0.25, 0.3) is 11.0 Å². The molecule has 1 fully saturated rings. The van der Waals surface area contributed by atoms with E-state index in [1.54, 1.807) is 0 Å². The van der Waals surface area contributed by atoms with Crippen molar-refractivity contribution in [1.29, 1.82) is 0 Å². The van der Waals surface area contributed by atoms with E-state index in [0.29, 0.717) is 12.5 Å². The Morgan fingerprint density at radius 2 is 1.91 bits per heavy atom. The highest BCUT2D eigenvalue weighted by Gasteiger charge is 2.32. The number of nitrogens with one attached hydrogen (secondary N) is 1. The molecule has 2 aliphatic rings. The van der Waals surface area contributed by atoms with Gasteiger partial charge in [-0.15, -0.1) is 0 Å². The van der Waals surface area contributed by atoms with Crippen molar-refractivity contribution in [2.45, 2.75) is 38.8 Å². The highest BCUT2D eigenvalue weighted by molar-refractivity contribution is 5.98. The molecule has 2 aromatic carbocycles. The fourth-order valence-corrected chi connectivity index (χ4v) is 5.25. The molecule has 7 heteroatoms. The first-order valence-electron chi connectivity index (χ1n) is 12.3. The van der Waals surface area contributed by atoms with Crippen molar-refractivity contribution in [1.82, 2.24) is 19.4 Å². The second-order valence-corrected chi connectivity index (χ2v) is 9.99. The lowest BCUT2D eigenvalue weighted by molar-refractivity contribution is -0.121. The minimum absolute atomic E-state index is 0.0241. The van der Waals surface area contributed by atoms with Gasteiger partial charge in [-0.3, -0.25) is 9.59 Å². The highest BCUT2D eigenvalue weighted by atomic mass is 16.2. The van der Waals surface area contributed by atoms with Gasteiger partial charge in [0.05, 0.1) is 17.4 Å². The molecule has 1 aliphatic carbocycles. The molecule has 1 saturated carbocycles. The van der Waals surface area contributed by atoms with E-state index >= 15 is 0 Å². The van der Waals surface area contributed by atoms with E-state index in [9.17, 15) is 9.59 Å². The Morgan fingerprint density at radius 1 is 1.12 bits per heavy atom. The van der Waals surface area contributed by atoms with Crippen molar-refractivity contribution in [2.24, 2.45) is 11.8 Å². The van der Waals surface area contributed by atoms with Crippen LogP contribution >= 0.6 is 0 Å². The summed E-state index contributed by atoms with van der Waals surface area (Å²) >= 11 is 0. The second-order valence-electron chi connectivity index (χ2n) is 9.99. The molecule has 0 radical (unpaired) electrons. The van der Waals surface area contributed by atoms with Crippen LogP contribution in [0.3, 0.4) is 0 Å². The van der Waals surface area contributed by atoms with Gasteiger partial charge in [0.1, 0.15) is 0 Å². The van der Waals surface area contributed by atoms with Gasteiger partial charge < -0.3 is 19.7 Å². The monoisotopic (exact) mass is 459 g/mol. The lowest BCUT2D eigenvalue weighted by Gasteiger charge is -2.30. The largest absolute Gasteiger partial charge is 0.334 e. The van der Waals surface area contributed by atoms with Gasteiger partial charge in [-0.1, -0.05) is 18.2 Å². The van der Waals surface area contributed by atoms with Crippen LogP contribution in [0.15, 0.2) is 48.8 Å². The molecule has 5 rings (SSSR count). The summed E-state index contributed by atoms with van der Waals surface area (Å²) in [5.74, 6) is 0.727. The third-order valence-electron chi connectivity index (χ3n) is 7.27. The van der Waals surface area contributed by atoms with Crippen molar-refractivity contribution < 1.29 is 9.59 Å². The molecule has 0 bridgehead atoms. The Balaban J connectivity index is 1.13. The van der Waals surface area contributed by atoms with Crippen LogP contribution in [0, 0.1) is 11.8 Å². The number of nitrogens with zero attached hydrogens (tertiary/aromatic N) is 4. The Morgan fingerprint density at radius 3 is 2.68 bits per heavy atom. The average Bonchev–Trinajstić information content (AvgIpc) is 3.38. The molecule has 0 unspecified atom stereocenters. The summed E-state index contributed by atoms with van der Waals surface area (Å²) < 4.78 is 2.14. The predicted octanol–water partition coefficient (Wildman–Crippen LogP) is 4.00. The van der Waals surface area contributed by atoms with Crippen molar-refractivity contribution >= 4 is 28.5 Å². The van der Waals surface area contributed by atoms with Gasteiger partial charge >= 0.3 is 0 Å². The molecular formula is C27H33N5O2. The Kier molecular flexibility index (Phi) is 6.37. The highest BCUT2D eigenvalue weighted by Crippen LogP contribution is 2.32. The van der Waals surface area contributed by atoms with Crippen molar-refractivity contribution in [3.63, 3.8) is 0 Å². The zero-order valence-electron chi connectivity index (χ0n) is 20.0. The van der Waals surface area contributed by atoms with Crippen molar-refractivity contribution in [3.05, 3.63) is 59.9 Å². The van der Waals surface area contributed by atoms with E-state index in [2.05, 4.69) is 33.9 Å². The first-order valence-corrected chi connectivity index (χ1v) is 12.3. The number of amides is 2. The van der Waals surface area contributed by atoms with E-state index in [4.69, 9.17) is 0 Å². The SMILES string of the molecule is CN(C)CCn1cnc2cc(NC(=O)C3CCC(CN4Cc5ccccc5C4=O)CC3)ccc21. The van der Waals surface area contributed by atoms with Gasteiger partial charge in [0.2, 0.25) is 5.91 Å². The van der Waals surface area contributed by atoms with Crippen LogP contribution in [0.1, 0.15) is 41.6 Å². The molecule has 178 valence electrons. The maximum Gasteiger partial charge on any atom is 0.254 e. The number of imidazole rings is 1. The molecule has 1 aliphatic heterocycles. The number of fused-ring (bicyclic) bond motifs is 2. The minimum Gasteiger partial charge on any atom is -0.334 e. The quantitative estimate of drug-likeness (QED) is 0.580. The minimum atomic E-state index is 0.0241. The van der Waals surface area contributed by atoms with Gasteiger partial charge in [0.15, 0.2) is 0 Å². The van der Waals surface area contributed by atoms with Crippen LogP contribution < -0.4 is 5.32 Å². The number of benzene rings is 2. The summed E-state index contributed by atoms with van der Waals surface area (Å²) in [6.45, 7) is 3.33. The molecule has 2 amide bonds. The van der Waals surface area contributed by atoms with E-state index in [-0.39, 0.29) is 17.7 Å². The standard InChI is InChI=1S/C27H33N5O2/c1-30(2)13-14-31-18-28-24-15-22(11-12-25(24)31)29-26(33)20-9-7-19(8-10-20)16-32-17-21-5-3-4-6-23(21)27(32)34/h3-6,11-12,15,18-20H,7-10,13-14,16-17H2,1-2H3,(H,29,33). The van der Waals surface area contributed by atoms with E-state index in [1.807, 2.05) is 53.7 Å². The van der Waals surface area contributed by atoms with Crippen LogP contribution in [0.2, 0.25) is 0 Å². The van der Waals surface area contributed by atoms with E-state index in [1.165, 1.54) is 0 Å². The molecule has 3 aromatic rings. The molecule has 0 spiro atoms. The Bertz CT molecular complexity index is 1190. The number of carbonyl (C=O) groups excluding carboxylic acids is 2. The normalized spacial score (nSPS) is 20.2. The van der Waals surface area contributed by atoms with E-state index in [0.717, 1.165) is 73.2 Å². The third kappa shape index (κ3) is 4.71. The summed E-state index contributed by atoms with van der Waals surface area (Å²) in [6.07, 6.45) is 5.56. The van der Waals surface area contributed by atoms with Crippen LogP contribution in [-0.4, -0.2) is 58.4 Å². The number of anilines is 1. The van der Waals surface area contributed by atoms with Crippen LogP contribution in [0.5, 0.6) is 0 Å². The summed E-state index contributed by atoms with van der Waals surface area (Å²) in [5.41, 5.74) is 4.75. The smallest absolute Gasteiger partial charge is 0.254 e. The molecule has 0 saturated heterocycles. The zero-order chi connectivity index (χ0) is 23.7. The number of hydrogen-bond acceptors (Lipinski definition) is 4. The molecule has 0 atom stereocenters. The lowest BCUT2D eigenvalue weighted by atomic mass is 9.81.